The Balaban J connectivity index is 1.68. The fourth-order valence-electron chi connectivity index (χ4n) is 2.70. The first kappa shape index (κ1) is 12.6. The molecule has 0 unspecified atom stereocenters. The molecule has 0 bridgehead atoms. The van der Waals surface area contributed by atoms with Crippen LogP contribution < -0.4 is 0 Å². The predicted octanol–water partition coefficient (Wildman–Crippen LogP) is 3.05. The van der Waals surface area contributed by atoms with Crippen LogP contribution in [0.4, 0.5) is 0 Å². The van der Waals surface area contributed by atoms with Gasteiger partial charge in [0.05, 0.1) is 24.3 Å². The van der Waals surface area contributed by atoms with Crippen molar-refractivity contribution >= 4 is 10.9 Å². The standard InChI is InChI=1S/C16H19NO2/c18-14-6-8-15(9-7-14)19-11-13-4-1-3-12-5-2-10-17-16(12)13/h1-5,10,14-15,18H,6-9,11H2. The minimum atomic E-state index is -0.126. The fourth-order valence-corrected chi connectivity index (χ4v) is 2.70. The van der Waals surface area contributed by atoms with E-state index >= 15 is 0 Å². The van der Waals surface area contributed by atoms with Crippen LogP contribution in [0.15, 0.2) is 36.5 Å². The van der Waals surface area contributed by atoms with Gasteiger partial charge in [0.25, 0.3) is 0 Å². The summed E-state index contributed by atoms with van der Waals surface area (Å²) in [6.45, 7) is 0.606. The molecule has 1 aliphatic rings. The first-order valence-electron chi connectivity index (χ1n) is 6.95. The third-order valence-electron chi connectivity index (χ3n) is 3.83. The quantitative estimate of drug-likeness (QED) is 0.919. The number of aliphatic hydroxyl groups is 1. The minimum absolute atomic E-state index is 0.126. The molecule has 1 fully saturated rings. The molecule has 1 N–H and O–H groups in total. The van der Waals surface area contributed by atoms with Gasteiger partial charge in [-0.3, -0.25) is 4.98 Å². The number of nitrogens with zero attached hydrogens (tertiary/aromatic N) is 1. The van der Waals surface area contributed by atoms with Crippen molar-refractivity contribution in [2.75, 3.05) is 0 Å². The highest BCUT2D eigenvalue weighted by Crippen LogP contribution is 2.23. The van der Waals surface area contributed by atoms with Crippen LogP contribution in [0.2, 0.25) is 0 Å². The highest BCUT2D eigenvalue weighted by atomic mass is 16.5. The van der Waals surface area contributed by atoms with Crippen LogP contribution in [0.25, 0.3) is 10.9 Å². The van der Waals surface area contributed by atoms with Crippen molar-refractivity contribution in [3.05, 3.63) is 42.1 Å². The summed E-state index contributed by atoms with van der Waals surface area (Å²) in [5, 5.41) is 10.6. The summed E-state index contributed by atoms with van der Waals surface area (Å²) in [5.41, 5.74) is 2.17. The van der Waals surface area contributed by atoms with Gasteiger partial charge in [-0.2, -0.15) is 0 Å². The van der Waals surface area contributed by atoms with Crippen molar-refractivity contribution in [3.63, 3.8) is 0 Å². The van der Waals surface area contributed by atoms with E-state index in [4.69, 9.17) is 4.74 Å². The van der Waals surface area contributed by atoms with Gasteiger partial charge in [-0.1, -0.05) is 24.3 Å². The third kappa shape index (κ3) is 2.94. The smallest absolute Gasteiger partial charge is 0.0757 e. The molecular weight excluding hydrogens is 238 g/mol. The SMILES string of the molecule is OC1CCC(OCc2cccc3cccnc23)CC1. The molecule has 1 aromatic heterocycles. The average Bonchev–Trinajstić information content (AvgIpc) is 2.47. The first-order chi connectivity index (χ1) is 9.33. The molecule has 0 spiro atoms. The molecule has 0 saturated heterocycles. The molecule has 0 atom stereocenters. The summed E-state index contributed by atoms with van der Waals surface area (Å²) >= 11 is 0. The molecule has 3 rings (SSSR count). The number of hydrogen-bond donors (Lipinski definition) is 1. The van der Waals surface area contributed by atoms with E-state index in [1.165, 1.54) is 0 Å². The molecule has 3 nitrogen and oxygen atoms in total. The second kappa shape index (κ2) is 5.68. The number of rotatable bonds is 3. The molecule has 1 aliphatic carbocycles. The van der Waals surface area contributed by atoms with Crippen LogP contribution in [-0.2, 0) is 11.3 Å². The van der Waals surface area contributed by atoms with E-state index in [0.717, 1.165) is 42.1 Å². The van der Waals surface area contributed by atoms with Crippen LogP contribution in [0, 0.1) is 0 Å². The number of aromatic nitrogens is 1. The Hall–Kier alpha value is -1.45. The molecule has 0 aliphatic heterocycles. The van der Waals surface area contributed by atoms with Gasteiger partial charge in [0, 0.05) is 17.1 Å². The van der Waals surface area contributed by atoms with Crippen LogP contribution in [-0.4, -0.2) is 22.3 Å². The van der Waals surface area contributed by atoms with Crippen molar-refractivity contribution in [3.8, 4) is 0 Å². The fraction of sp³-hybridized carbons (Fsp3) is 0.438. The lowest BCUT2D eigenvalue weighted by molar-refractivity contribution is -0.0115. The van der Waals surface area contributed by atoms with Gasteiger partial charge in [-0.15, -0.1) is 0 Å². The summed E-state index contributed by atoms with van der Waals surface area (Å²) in [4.78, 5) is 4.44. The van der Waals surface area contributed by atoms with Crippen LogP contribution in [0.5, 0.6) is 0 Å². The molecule has 0 amide bonds. The second-order valence-corrected chi connectivity index (χ2v) is 5.23. The molecule has 1 saturated carbocycles. The van der Waals surface area contributed by atoms with Crippen LogP contribution >= 0.6 is 0 Å². The Morgan fingerprint density at radius 1 is 1.11 bits per heavy atom. The van der Waals surface area contributed by atoms with Gasteiger partial charge in [0.15, 0.2) is 0 Å². The minimum Gasteiger partial charge on any atom is -0.393 e. The molecule has 19 heavy (non-hydrogen) atoms. The summed E-state index contributed by atoms with van der Waals surface area (Å²) < 4.78 is 5.97. The zero-order chi connectivity index (χ0) is 13.1. The normalized spacial score (nSPS) is 23.6. The Kier molecular flexibility index (Phi) is 3.76. The van der Waals surface area contributed by atoms with E-state index in [0.29, 0.717) is 6.61 Å². The maximum Gasteiger partial charge on any atom is 0.0757 e. The van der Waals surface area contributed by atoms with E-state index in [-0.39, 0.29) is 12.2 Å². The van der Waals surface area contributed by atoms with Gasteiger partial charge in [0.2, 0.25) is 0 Å². The Labute approximate surface area is 113 Å². The monoisotopic (exact) mass is 257 g/mol. The molecule has 100 valence electrons. The number of para-hydroxylation sites is 1. The molecule has 1 heterocycles. The van der Waals surface area contributed by atoms with Crippen LogP contribution in [0.3, 0.4) is 0 Å². The lowest BCUT2D eigenvalue weighted by atomic mass is 9.95. The van der Waals surface area contributed by atoms with E-state index in [1.807, 2.05) is 18.3 Å². The number of ether oxygens (including phenoxy) is 1. The van der Waals surface area contributed by atoms with E-state index in [9.17, 15) is 5.11 Å². The third-order valence-corrected chi connectivity index (χ3v) is 3.83. The van der Waals surface area contributed by atoms with Gasteiger partial charge in [-0.25, -0.2) is 0 Å². The van der Waals surface area contributed by atoms with Crippen molar-refractivity contribution in [1.29, 1.82) is 0 Å². The van der Waals surface area contributed by atoms with Crippen molar-refractivity contribution in [1.82, 2.24) is 4.98 Å². The summed E-state index contributed by atoms with van der Waals surface area (Å²) in [6, 6.07) is 10.2. The highest BCUT2D eigenvalue weighted by molar-refractivity contribution is 5.81. The Bertz CT molecular complexity index is 542. The maximum absolute atomic E-state index is 9.49. The van der Waals surface area contributed by atoms with Gasteiger partial charge < -0.3 is 9.84 Å². The van der Waals surface area contributed by atoms with Crippen LogP contribution in [0.1, 0.15) is 31.2 Å². The molecular formula is C16H19NO2. The van der Waals surface area contributed by atoms with Crippen molar-refractivity contribution in [2.24, 2.45) is 0 Å². The maximum atomic E-state index is 9.49. The number of fused-ring (bicyclic) bond motifs is 1. The number of aliphatic hydroxyl groups excluding tert-OH is 1. The topological polar surface area (TPSA) is 42.4 Å². The summed E-state index contributed by atoms with van der Waals surface area (Å²) in [5.74, 6) is 0. The largest absolute Gasteiger partial charge is 0.393 e. The Morgan fingerprint density at radius 3 is 2.74 bits per heavy atom. The molecule has 2 aromatic rings. The molecule has 0 radical (unpaired) electrons. The lowest BCUT2D eigenvalue weighted by Gasteiger charge is -2.25. The molecule has 3 heteroatoms. The van der Waals surface area contributed by atoms with Gasteiger partial charge >= 0.3 is 0 Å². The molecule has 1 aromatic carbocycles. The van der Waals surface area contributed by atoms with E-state index in [1.54, 1.807) is 0 Å². The zero-order valence-electron chi connectivity index (χ0n) is 11.0. The predicted molar refractivity (Wildman–Crippen MR) is 74.8 cm³/mol. The number of hydrogen-bond acceptors (Lipinski definition) is 3. The first-order valence-corrected chi connectivity index (χ1v) is 6.95. The van der Waals surface area contributed by atoms with E-state index < -0.39 is 0 Å². The number of pyridine rings is 1. The van der Waals surface area contributed by atoms with Gasteiger partial charge in [0.1, 0.15) is 0 Å². The second-order valence-electron chi connectivity index (χ2n) is 5.23. The van der Waals surface area contributed by atoms with Crippen molar-refractivity contribution in [2.45, 2.75) is 44.5 Å². The summed E-state index contributed by atoms with van der Waals surface area (Å²) in [6.07, 6.45) is 5.61. The van der Waals surface area contributed by atoms with Gasteiger partial charge in [-0.05, 0) is 31.7 Å². The highest BCUT2D eigenvalue weighted by Gasteiger charge is 2.19. The van der Waals surface area contributed by atoms with Crippen molar-refractivity contribution < 1.29 is 9.84 Å². The summed E-state index contributed by atoms with van der Waals surface area (Å²) in [7, 11) is 0. The lowest BCUT2D eigenvalue weighted by Crippen LogP contribution is -2.24. The number of benzene rings is 1. The van der Waals surface area contributed by atoms with E-state index in [2.05, 4.69) is 23.2 Å². The zero-order valence-corrected chi connectivity index (χ0v) is 11.0. The Morgan fingerprint density at radius 2 is 1.89 bits per heavy atom. The average molecular weight is 257 g/mol.